The molecule has 0 bridgehead atoms. The largest absolute Gasteiger partial charge is 0.336 e. The van der Waals surface area contributed by atoms with E-state index in [1.54, 1.807) is 0 Å². The molecule has 5 heteroatoms. The zero-order chi connectivity index (χ0) is 12.8. The van der Waals surface area contributed by atoms with Crippen molar-refractivity contribution in [3.8, 4) is 0 Å². The van der Waals surface area contributed by atoms with Crippen LogP contribution in [0.3, 0.4) is 0 Å². The van der Waals surface area contributed by atoms with Crippen LogP contribution in [0.2, 0.25) is 0 Å². The summed E-state index contributed by atoms with van der Waals surface area (Å²) in [4.78, 5) is 0. The molecule has 18 heavy (non-hydrogen) atoms. The van der Waals surface area contributed by atoms with Gasteiger partial charge < -0.3 is 0 Å². The maximum Gasteiger partial charge on any atom is 0.336 e. The van der Waals surface area contributed by atoms with Crippen LogP contribution in [0.5, 0.6) is 0 Å². The van der Waals surface area contributed by atoms with Crippen LogP contribution in [0.4, 0.5) is 0 Å². The van der Waals surface area contributed by atoms with Gasteiger partial charge in [0.15, 0.2) is 0 Å². The molecule has 0 aromatic carbocycles. The minimum Gasteiger partial charge on any atom is -0.258 e. The summed E-state index contributed by atoms with van der Waals surface area (Å²) in [6, 6.07) is -0.0879. The van der Waals surface area contributed by atoms with Crippen molar-refractivity contribution >= 4 is 10.3 Å². The van der Waals surface area contributed by atoms with Crippen molar-refractivity contribution in [3.63, 3.8) is 0 Å². The van der Waals surface area contributed by atoms with Crippen molar-refractivity contribution < 1.29 is 12.6 Å². The Bertz CT molecular complexity index is 372. The third-order valence-electron chi connectivity index (χ3n) is 3.73. The summed E-state index contributed by atoms with van der Waals surface area (Å²) in [5.41, 5.74) is 0. The van der Waals surface area contributed by atoms with Crippen LogP contribution in [-0.4, -0.2) is 21.1 Å². The van der Waals surface area contributed by atoms with E-state index < -0.39 is 10.3 Å². The summed E-state index contributed by atoms with van der Waals surface area (Å²) in [7, 11) is -3.58. The fourth-order valence-corrected chi connectivity index (χ4v) is 3.68. The Morgan fingerprint density at radius 3 is 2.56 bits per heavy atom. The molecule has 0 aromatic rings. The monoisotopic (exact) mass is 273 g/mol. The molecule has 0 amide bonds. The van der Waals surface area contributed by atoms with E-state index in [0.29, 0.717) is 12.5 Å². The fourth-order valence-electron chi connectivity index (χ4n) is 2.67. The standard InChI is InChI=1S/C13H23NO3S/c15-18(16,14-13-9-5-2-6-10-13)17-11-12-7-3-1-4-8-12/h5,9,12-14H,1-4,6-8,10-11H2. The lowest BCUT2D eigenvalue weighted by Crippen LogP contribution is -2.36. The van der Waals surface area contributed by atoms with Gasteiger partial charge in [-0.1, -0.05) is 31.4 Å². The molecule has 0 aliphatic heterocycles. The van der Waals surface area contributed by atoms with E-state index in [2.05, 4.69) is 4.72 Å². The Labute approximate surface area is 110 Å². The average molecular weight is 273 g/mol. The Morgan fingerprint density at radius 2 is 1.89 bits per heavy atom. The molecule has 0 aromatic heterocycles. The van der Waals surface area contributed by atoms with Gasteiger partial charge in [0.2, 0.25) is 0 Å². The Morgan fingerprint density at radius 1 is 1.11 bits per heavy atom. The number of nitrogens with one attached hydrogen (secondary N) is 1. The molecule has 2 rings (SSSR count). The SMILES string of the molecule is O=S(=O)(NC1C=CCCC1)OCC1CCCCC1. The van der Waals surface area contributed by atoms with Crippen LogP contribution in [0, 0.1) is 5.92 Å². The van der Waals surface area contributed by atoms with Crippen molar-refractivity contribution in [1.29, 1.82) is 0 Å². The Hall–Kier alpha value is -0.390. The second kappa shape index (κ2) is 6.68. The highest BCUT2D eigenvalue weighted by Gasteiger charge is 2.21. The molecule has 2 aliphatic rings. The number of rotatable bonds is 5. The zero-order valence-corrected chi connectivity index (χ0v) is 11.6. The van der Waals surface area contributed by atoms with Crippen molar-refractivity contribution in [1.82, 2.24) is 4.72 Å². The molecule has 0 radical (unpaired) electrons. The first-order valence-corrected chi connectivity index (χ1v) is 8.40. The van der Waals surface area contributed by atoms with Gasteiger partial charge in [0.1, 0.15) is 0 Å². The molecule has 1 fully saturated rings. The van der Waals surface area contributed by atoms with E-state index in [1.165, 1.54) is 19.3 Å². The van der Waals surface area contributed by atoms with E-state index in [-0.39, 0.29) is 6.04 Å². The van der Waals surface area contributed by atoms with Gasteiger partial charge in [-0.05, 0) is 38.0 Å². The number of hydrogen-bond acceptors (Lipinski definition) is 3. The summed E-state index contributed by atoms with van der Waals surface area (Å²) in [5, 5.41) is 0. The normalized spacial score (nSPS) is 26.3. The van der Waals surface area contributed by atoms with Crippen LogP contribution in [-0.2, 0) is 14.5 Å². The lowest BCUT2D eigenvalue weighted by atomic mass is 9.90. The van der Waals surface area contributed by atoms with Crippen molar-refractivity contribution in [3.05, 3.63) is 12.2 Å². The molecule has 1 unspecified atom stereocenters. The smallest absolute Gasteiger partial charge is 0.258 e. The predicted octanol–water partition coefficient (Wildman–Crippen LogP) is 2.53. The molecule has 1 N–H and O–H groups in total. The first-order chi connectivity index (χ1) is 8.66. The first kappa shape index (κ1) is 14.0. The van der Waals surface area contributed by atoms with Crippen LogP contribution in [0.15, 0.2) is 12.2 Å². The van der Waals surface area contributed by atoms with E-state index in [0.717, 1.165) is 32.1 Å². The Balaban J connectivity index is 1.75. The fraction of sp³-hybridized carbons (Fsp3) is 0.846. The Kier molecular flexibility index (Phi) is 5.21. The summed E-state index contributed by atoms with van der Waals surface area (Å²) in [5.74, 6) is 0.414. The summed E-state index contributed by atoms with van der Waals surface area (Å²) >= 11 is 0. The third kappa shape index (κ3) is 4.71. The van der Waals surface area contributed by atoms with E-state index in [1.807, 2.05) is 12.2 Å². The molecule has 0 saturated heterocycles. The number of hydrogen-bond donors (Lipinski definition) is 1. The highest BCUT2D eigenvalue weighted by atomic mass is 32.2. The molecule has 1 saturated carbocycles. The van der Waals surface area contributed by atoms with Gasteiger partial charge in [-0.25, -0.2) is 0 Å². The van der Waals surface area contributed by atoms with Gasteiger partial charge in [0.05, 0.1) is 6.61 Å². The molecule has 104 valence electrons. The predicted molar refractivity (Wildman–Crippen MR) is 71.4 cm³/mol. The zero-order valence-electron chi connectivity index (χ0n) is 10.8. The second-order valence-corrected chi connectivity index (χ2v) is 6.71. The molecular formula is C13H23NO3S. The summed E-state index contributed by atoms with van der Waals surface area (Å²) in [6.45, 7) is 0.339. The number of allylic oxidation sites excluding steroid dienone is 1. The van der Waals surface area contributed by atoms with E-state index in [4.69, 9.17) is 4.18 Å². The average Bonchev–Trinajstić information content (AvgIpc) is 2.38. The quantitative estimate of drug-likeness (QED) is 0.783. The van der Waals surface area contributed by atoms with Crippen LogP contribution in [0.25, 0.3) is 0 Å². The molecule has 0 spiro atoms. The van der Waals surface area contributed by atoms with Gasteiger partial charge >= 0.3 is 10.3 Å². The van der Waals surface area contributed by atoms with Crippen LogP contribution < -0.4 is 4.72 Å². The van der Waals surface area contributed by atoms with E-state index >= 15 is 0 Å². The molecule has 0 heterocycles. The summed E-state index contributed by atoms with van der Waals surface area (Å²) in [6.07, 6.45) is 12.8. The van der Waals surface area contributed by atoms with Gasteiger partial charge in [0.25, 0.3) is 0 Å². The minimum atomic E-state index is -3.58. The maximum atomic E-state index is 11.8. The topological polar surface area (TPSA) is 55.4 Å². The third-order valence-corrected chi connectivity index (χ3v) is 4.77. The first-order valence-electron chi connectivity index (χ1n) is 6.99. The molecular weight excluding hydrogens is 250 g/mol. The van der Waals surface area contributed by atoms with E-state index in [9.17, 15) is 8.42 Å². The van der Waals surface area contributed by atoms with Gasteiger partial charge in [0, 0.05) is 6.04 Å². The van der Waals surface area contributed by atoms with Crippen LogP contribution >= 0.6 is 0 Å². The lowest BCUT2D eigenvalue weighted by molar-refractivity contribution is 0.210. The summed E-state index contributed by atoms with van der Waals surface area (Å²) < 4.78 is 31.2. The van der Waals surface area contributed by atoms with Crippen molar-refractivity contribution in [2.75, 3.05) is 6.61 Å². The lowest BCUT2D eigenvalue weighted by Gasteiger charge is -2.22. The van der Waals surface area contributed by atoms with Crippen molar-refractivity contribution in [2.45, 2.75) is 57.4 Å². The maximum absolute atomic E-state index is 11.8. The molecule has 2 aliphatic carbocycles. The second-order valence-electron chi connectivity index (χ2n) is 5.33. The van der Waals surface area contributed by atoms with Gasteiger partial charge in [-0.15, -0.1) is 0 Å². The minimum absolute atomic E-state index is 0.0879. The van der Waals surface area contributed by atoms with Crippen LogP contribution in [0.1, 0.15) is 51.4 Å². The van der Waals surface area contributed by atoms with Crippen molar-refractivity contribution in [2.24, 2.45) is 5.92 Å². The molecule has 1 atom stereocenters. The molecule has 4 nitrogen and oxygen atoms in total. The van der Waals surface area contributed by atoms with Gasteiger partial charge in [-0.2, -0.15) is 13.1 Å². The highest BCUT2D eigenvalue weighted by molar-refractivity contribution is 7.84. The van der Waals surface area contributed by atoms with Gasteiger partial charge in [-0.3, -0.25) is 4.18 Å². The highest BCUT2D eigenvalue weighted by Crippen LogP contribution is 2.24.